The fraction of sp³-hybridized carbons (Fsp3) is 0.571. The predicted molar refractivity (Wildman–Crippen MR) is 78.1 cm³/mol. The van der Waals surface area contributed by atoms with Crippen molar-refractivity contribution in [2.24, 2.45) is 5.92 Å². The minimum atomic E-state index is -3.61. The molecule has 1 atom stereocenters. The van der Waals surface area contributed by atoms with Crippen molar-refractivity contribution in [3.05, 3.63) is 29.8 Å². The molecule has 0 spiro atoms. The van der Waals surface area contributed by atoms with E-state index in [4.69, 9.17) is 15.8 Å². The zero-order valence-electron chi connectivity index (χ0n) is 11.4. The number of benzene rings is 1. The van der Waals surface area contributed by atoms with Gasteiger partial charge in [-0.25, -0.2) is 0 Å². The molecular formula is C14H21ClO3S. The van der Waals surface area contributed by atoms with Crippen LogP contribution in [0.5, 0.6) is 0 Å². The van der Waals surface area contributed by atoms with Crippen LogP contribution in [0, 0.1) is 12.8 Å². The topological polar surface area (TPSA) is 43.4 Å². The van der Waals surface area contributed by atoms with Crippen molar-refractivity contribution in [2.75, 3.05) is 12.5 Å². The average molecular weight is 305 g/mol. The minimum absolute atomic E-state index is 0.215. The van der Waals surface area contributed by atoms with E-state index >= 15 is 0 Å². The van der Waals surface area contributed by atoms with Gasteiger partial charge in [0, 0.05) is 5.88 Å². The Morgan fingerprint density at radius 2 is 1.84 bits per heavy atom. The Kier molecular flexibility index (Phi) is 6.83. The first-order valence-corrected chi connectivity index (χ1v) is 8.42. The fourth-order valence-corrected chi connectivity index (χ4v) is 3.02. The van der Waals surface area contributed by atoms with Gasteiger partial charge < -0.3 is 0 Å². The van der Waals surface area contributed by atoms with Gasteiger partial charge in [-0.1, -0.05) is 24.6 Å². The summed E-state index contributed by atoms with van der Waals surface area (Å²) in [6.07, 6.45) is 2.60. The third kappa shape index (κ3) is 5.93. The highest BCUT2D eigenvalue weighted by Crippen LogP contribution is 2.15. The zero-order valence-corrected chi connectivity index (χ0v) is 13.0. The first kappa shape index (κ1) is 16.5. The van der Waals surface area contributed by atoms with Crippen LogP contribution in [0.1, 0.15) is 31.7 Å². The van der Waals surface area contributed by atoms with E-state index < -0.39 is 10.1 Å². The molecule has 108 valence electrons. The molecular weight excluding hydrogens is 284 g/mol. The lowest BCUT2D eigenvalue weighted by molar-refractivity contribution is 0.296. The number of hydrogen-bond donors (Lipinski definition) is 0. The molecule has 0 saturated carbocycles. The van der Waals surface area contributed by atoms with Gasteiger partial charge in [-0.15, -0.1) is 11.6 Å². The number of halogens is 1. The fourth-order valence-electron chi connectivity index (χ4n) is 1.70. The normalized spacial score (nSPS) is 13.4. The van der Waals surface area contributed by atoms with Crippen molar-refractivity contribution in [3.8, 4) is 0 Å². The first-order valence-electron chi connectivity index (χ1n) is 6.48. The highest BCUT2D eigenvalue weighted by atomic mass is 35.5. The minimum Gasteiger partial charge on any atom is -0.266 e. The number of alkyl halides is 1. The quantitative estimate of drug-likeness (QED) is 0.417. The van der Waals surface area contributed by atoms with Crippen molar-refractivity contribution in [2.45, 2.75) is 38.0 Å². The molecule has 1 rings (SSSR count). The second-order valence-corrected chi connectivity index (χ2v) is 6.81. The summed E-state index contributed by atoms with van der Waals surface area (Å²) in [6.45, 7) is 4.25. The third-order valence-corrected chi connectivity index (χ3v) is 4.54. The van der Waals surface area contributed by atoms with Gasteiger partial charge in [-0.3, -0.25) is 4.18 Å². The summed E-state index contributed by atoms with van der Waals surface area (Å²) >= 11 is 5.65. The van der Waals surface area contributed by atoms with Crippen LogP contribution >= 0.6 is 11.6 Å². The lowest BCUT2D eigenvalue weighted by atomic mass is 10.0. The highest BCUT2D eigenvalue weighted by Gasteiger charge is 2.14. The molecule has 0 amide bonds. The van der Waals surface area contributed by atoms with Crippen LogP contribution in [-0.2, 0) is 14.3 Å². The van der Waals surface area contributed by atoms with Crippen molar-refractivity contribution in [3.63, 3.8) is 0 Å². The van der Waals surface area contributed by atoms with E-state index in [1.54, 1.807) is 24.3 Å². The molecule has 1 aromatic rings. The number of aryl methyl sites for hydroxylation is 1. The zero-order chi connectivity index (χ0) is 14.3. The molecule has 0 fully saturated rings. The Balaban J connectivity index is 2.41. The van der Waals surface area contributed by atoms with E-state index in [1.165, 1.54) is 0 Å². The van der Waals surface area contributed by atoms with Gasteiger partial charge in [0.1, 0.15) is 0 Å². The monoisotopic (exact) mass is 304 g/mol. The van der Waals surface area contributed by atoms with Gasteiger partial charge in [-0.2, -0.15) is 8.42 Å². The molecule has 0 aliphatic heterocycles. The maximum absolute atomic E-state index is 11.9. The van der Waals surface area contributed by atoms with Gasteiger partial charge in [0.05, 0.1) is 11.5 Å². The summed E-state index contributed by atoms with van der Waals surface area (Å²) in [5.74, 6) is 1.15. The molecule has 5 heteroatoms. The molecule has 0 aromatic heterocycles. The van der Waals surface area contributed by atoms with Gasteiger partial charge in [-0.05, 0) is 44.2 Å². The molecule has 19 heavy (non-hydrogen) atoms. The van der Waals surface area contributed by atoms with Crippen LogP contribution in [0.15, 0.2) is 29.2 Å². The van der Waals surface area contributed by atoms with Crippen molar-refractivity contribution >= 4 is 21.7 Å². The van der Waals surface area contributed by atoms with Crippen LogP contribution < -0.4 is 0 Å². The van der Waals surface area contributed by atoms with E-state index in [2.05, 4.69) is 6.92 Å². The number of hydrogen-bond acceptors (Lipinski definition) is 3. The Bertz CT molecular complexity index is 468. The molecule has 3 nitrogen and oxygen atoms in total. The van der Waals surface area contributed by atoms with Crippen LogP contribution in [0.2, 0.25) is 0 Å². The summed E-state index contributed by atoms with van der Waals surface area (Å²) in [5, 5.41) is 0. The molecule has 0 saturated heterocycles. The lowest BCUT2D eigenvalue weighted by Gasteiger charge is -2.09. The summed E-state index contributed by atoms with van der Waals surface area (Å²) in [5.41, 5.74) is 1.02. The van der Waals surface area contributed by atoms with Gasteiger partial charge >= 0.3 is 0 Å². The summed E-state index contributed by atoms with van der Waals surface area (Å²) in [7, 11) is -3.61. The van der Waals surface area contributed by atoms with Gasteiger partial charge in [0.15, 0.2) is 0 Å². The van der Waals surface area contributed by atoms with E-state index in [0.29, 0.717) is 11.8 Å². The van der Waals surface area contributed by atoms with E-state index in [9.17, 15) is 8.42 Å². The Morgan fingerprint density at radius 3 is 2.42 bits per heavy atom. The average Bonchev–Trinajstić information content (AvgIpc) is 2.36. The number of rotatable bonds is 8. The van der Waals surface area contributed by atoms with Crippen LogP contribution in [0.25, 0.3) is 0 Å². The van der Waals surface area contributed by atoms with Crippen LogP contribution in [-0.4, -0.2) is 20.9 Å². The van der Waals surface area contributed by atoms with Gasteiger partial charge in [0.25, 0.3) is 10.1 Å². The first-order chi connectivity index (χ1) is 8.95. The van der Waals surface area contributed by atoms with E-state index in [1.807, 2.05) is 6.92 Å². The van der Waals surface area contributed by atoms with E-state index in [-0.39, 0.29) is 11.5 Å². The van der Waals surface area contributed by atoms with Crippen LogP contribution in [0.3, 0.4) is 0 Å². The highest BCUT2D eigenvalue weighted by molar-refractivity contribution is 7.86. The molecule has 0 aliphatic carbocycles. The van der Waals surface area contributed by atoms with Crippen molar-refractivity contribution < 1.29 is 12.6 Å². The second-order valence-electron chi connectivity index (χ2n) is 4.81. The molecule has 1 aromatic carbocycles. The molecule has 0 radical (unpaired) electrons. The Labute approximate surface area is 121 Å². The standard InChI is InChI=1S/C14H21ClO3S/c1-12(9-10-15)4-3-11-18-19(16,17)14-7-5-13(2)6-8-14/h5-8,12H,3-4,9-11H2,1-2H3/t12-/m1/s1. The second kappa shape index (κ2) is 7.88. The lowest BCUT2D eigenvalue weighted by Crippen LogP contribution is -2.08. The largest absolute Gasteiger partial charge is 0.296 e. The molecule has 0 heterocycles. The summed E-state index contributed by atoms with van der Waals surface area (Å²) in [4.78, 5) is 0.215. The van der Waals surface area contributed by atoms with Crippen molar-refractivity contribution in [1.82, 2.24) is 0 Å². The van der Waals surface area contributed by atoms with Crippen LogP contribution in [0.4, 0.5) is 0 Å². The Hall–Kier alpha value is -0.580. The smallest absolute Gasteiger partial charge is 0.266 e. The maximum Gasteiger partial charge on any atom is 0.296 e. The predicted octanol–water partition coefficient (Wildman–Crippen LogP) is 3.75. The summed E-state index contributed by atoms with van der Waals surface area (Å²) in [6, 6.07) is 6.67. The Morgan fingerprint density at radius 1 is 1.21 bits per heavy atom. The molecule has 0 bridgehead atoms. The molecule has 0 unspecified atom stereocenters. The maximum atomic E-state index is 11.9. The summed E-state index contributed by atoms with van der Waals surface area (Å²) < 4.78 is 28.8. The SMILES string of the molecule is Cc1ccc(S(=O)(=O)OCCC[C@@H](C)CCCl)cc1. The molecule has 0 N–H and O–H groups in total. The van der Waals surface area contributed by atoms with E-state index in [0.717, 1.165) is 24.8 Å². The molecule has 0 aliphatic rings. The third-order valence-electron chi connectivity index (χ3n) is 2.99. The van der Waals surface area contributed by atoms with Gasteiger partial charge in [0.2, 0.25) is 0 Å². The van der Waals surface area contributed by atoms with Crippen molar-refractivity contribution in [1.29, 1.82) is 0 Å².